The molecule has 0 atom stereocenters. The van der Waals surface area contributed by atoms with Crippen LogP contribution in [0.4, 0.5) is 0 Å². The molecule has 0 saturated heterocycles. The maximum absolute atomic E-state index is 5.65. The minimum absolute atomic E-state index is 0.676. The van der Waals surface area contributed by atoms with E-state index in [4.69, 9.17) is 4.84 Å². The van der Waals surface area contributed by atoms with Gasteiger partial charge in [0.05, 0.1) is 0 Å². The number of hydroxylamine groups is 2. The maximum atomic E-state index is 5.65. The molecule has 0 aromatic carbocycles. The van der Waals surface area contributed by atoms with Crippen LogP contribution in [0.1, 0.15) is 41.0 Å². The predicted octanol–water partition coefficient (Wildman–Crippen LogP) is 2.78. The van der Waals surface area contributed by atoms with E-state index in [1.165, 1.54) is 0 Å². The number of nitrogens with zero attached hydrogens (tertiary/aromatic N) is 1. The van der Waals surface area contributed by atoms with Crippen LogP contribution in [0.5, 0.6) is 0 Å². The number of hydrogen-bond acceptors (Lipinski definition) is 2. The third kappa shape index (κ3) is 8.26. The van der Waals surface area contributed by atoms with Crippen molar-refractivity contribution in [1.29, 1.82) is 0 Å². The first-order valence-electron chi connectivity index (χ1n) is 5.44. The summed E-state index contributed by atoms with van der Waals surface area (Å²) >= 11 is 0. The second-order valence-corrected chi connectivity index (χ2v) is 4.47. The van der Waals surface area contributed by atoms with Crippen LogP contribution in [0.15, 0.2) is 0 Å². The lowest BCUT2D eigenvalue weighted by Crippen LogP contribution is -2.37. The van der Waals surface area contributed by atoms with Crippen LogP contribution < -0.4 is 5.06 Å². The molecule has 2 nitrogen and oxygen atoms in total. The SMILES string of the molecule is CCCO[N+](CC(C)C)CC(C)C. The summed E-state index contributed by atoms with van der Waals surface area (Å²) in [5.74, 6) is 1.35. The van der Waals surface area contributed by atoms with E-state index in [-0.39, 0.29) is 0 Å². The molecule has 13 heavy (non-hydrogen) atoms. The van der Waals surface area contributed by atoms with Crippen LogP contribution in [0, 0.1) is 11.8 Å². The smallest absolute Gasteiger partial charge is 0.149 e. The van der Waals surface area contributed by atoms with Gasteiger partial charge in [-0.3, -0.25) is 0 Å². The van der Waals surface area contributed by atoms with Crippen LogP contribution in [0.25, 0.3) is 0 Å². The Bertz CT molecular complexity index is 103. The topological polar surface area (TPSA) is 15.1 Å². The van der Waals surface area contributed by atoms with Crippen LogP contribution >= 0.6 is 0 Å². The monoisotopic (exact) mass is 187 g/mol. The Hall–Kier alpha value is -0.0800. The molecule has 0 aliphatic carbocycles. The molecule has 0 aliphatic rings. The van der Waals surface area contributed by atoms with Crippen molar-refractivity contribution < 1.29 is 4.84 Å². The number of hydrogen-bond donors (Lipinski definition) is 0. The molecule has 0 saturated carbocycles. The zero-order valence-electron chi connectivity index (χ0n) is 9.84. The van der Waals surface area contributed by atoms with Gasteiger partial charge in [-0.25, -0.2) is 0 Å². The molecular weight excluding hydrogens is 162 g/mol. The zero-order valence-corrected chi connectivity index (χ0v) is 9.84. The van der Waals surface area contributed by atoms with Gasteiger partial charge in [-0.2, -0.15) is 0 Å². The standard InChI is InChI=1S/C11H25NO/c1-6-7-13-12(8-10(2)3)9-11(4)5/h10-11H,6-9H2,1-5H3/q+1. The summed E-state index contributed by atoms with van der Waals surface area (Å²) in [6.45, 7) is 14.0. The highest BCUT2D eigenvalue weighted by Crippen LogP contribution is 2.01. The van der Waals surface area contributed by atoms with E-state index in [2.05, 4.69) is 39.7 Å². The first kappa shape index (κ1) is 12.9. The molecule has 0 amide bonds. The fraction of sp³-hybridized carbons (Fsp3) is 1.00. The molecule has 79 valence electrons. The largest absolute Gasteiger partial charge is 0.162 e. The minimum atomic E-state index is 0.676. The lowest BCUT2D eigenvalue weighted by Gasteiger charge is -2.13. The van der Waals surface area contributed by atoms with Crippen molar-refractivity contribution in [2.45, 2.75) is 41.0 Å². The van der Waals surface area contributed by atoms with Crippen molar-refractivity contribution in [3.63, 3.8) is 0 Å². The van der Waals surface area contributed by atoms with Gasteiger partial charge in [-0.05, 0) is 11.5 Å². The van der Waals surface area contributed by atoms with Crippen LogP contribution in [0.3, 0.4) is 0 Å². The summed E-state index contributed by atoms with van der Waals surface area (Å²) in [7, 11) is 0. The van der Waals surface area contributed by atoms with Gasteiger partial charge >= 0.3 is 0 Å². The fourth-order valence-electron chi connectivity index (χ4n) is 1.21. The van der Waals surface area contributed by atoms with E-state index in [1.54, 1.807) is 0 Å². The molecule has 0 N–H and O–H groups in total. The third-order valence-corrected chi connectivity index (χ3v) is 1.62. The Morgan fingerprint density at radius 3 is 1.77 bits per heavy atom. The van der Waals surface area contributed by atoms with Crippen molar-refractivity contribution in [1.82, 2.24) is 5.06 Å². The lowest BCUT2D eigenvalue weighted by molar-refractivity contribution is -0.0831. The normalized spacial score (nSPS) is 12.0. The lowest BCUT2D eigenvalue weighted by atomic mass is 10.2. The minimum Gasteiger partial charge on any atom is -0.149 e. The molecule has 0 unspecified atom stereocenters. The van der Waals surface area contributed by atoms with Crippen molar-refractivity contribution >= 4 is 0 Å². The summed E-state index contributed by atoms with van der Waals surface area (Å²) in [5.41, 5.74) is 0. The van der Waals surface area contributed by atoms with Gasteiger partial charge in [-0.15, -0.1) is 4.84 Å². The highest BCUT2D eigenvalue weighted by Gasteiger charge is 2.20. The van der Waals surface area contributed by atoms with Gasteiger partial charge in [-0.1, -0.05) is 34.6 Å². The molecule has 0 heterocycles. The molecule has 0 bridgehead atoms. The van der Waals surface area contributed by atoms with Crippen LogP contribution in [0.2, 0.25) is 0 Å². The molecule has 2 heteroatoms. The Labute approximate surface area is 83.2 Å². The number of rotatable bonds is 7. The first-order valence-corrected chi connectivity index (χ1v) is 5.44. The maximum Gasteiger partial charge on any atom is 0.162 e. The predicted molar refractivity (Wildman–Crippen MR) is 57.8 cm³/mol. The fourth-order valence-corrected chi connectivity index (χ4v) is 1.21. The molecule has 0 rings (SSSR count). The average Bonchev–Trinajstić information content (AvgIpc) is 1.98. The summed E-state index contributed by atoms with van der Waals surface area (Å²) in [4.78, 5) is 5.65. The van der Waals surface area contributed by atoms with E-state index in [0.29, 0.717) is 11.8 Å². The van der Waals surface area contributed by atoms with Crippen molar-refractivity contribution in [2.24, 2.45) is 11.8 Å². The second-order valence-electron chi connectivity index (χ2n) is 4.47. The molecule has 0 spiro atoms. The quantitative estimate of drug-likeness (QED) is 0.442. The third-order valence-electron chi connectivity index (χ3n) is 1.62. The highest BCUT2D eigenvalue weighted by molar-refractivity contribution is 4.58. The van der Waals surface area contributed by atoms with E-state index in [1.807, 2.05) is 0 Å². The van der Waals surface area contributed by atoms with E-state index in [0.717, 1.165) is 26.1 Å². The van der Waals surface area contributed by atoms with Gasteiger partial charge in [0.1, 0.15) is 6.61 Å². The zero-order chi connectivity index (χ0) is 10.3. The Kier molecular flexibility index (Phi) is 7.29. The van der Waals surface area contributed by atoms with Gasteiger partial charge in [0.2, 0.25) is 0 Å². The molecule has 0 fully saturated rings. The van der Waals surface area contributed by atoms with Gasteiger partial charge < -0.3 is 0 Å². The van der Waals surface area contributed by atoms with Crippen molar-refractivity contribution in [3.05, 3.63) is 0 Å². The van der Waals surface area contributed by atoms with Gasteiger partial charge in [0.25, 0.3) is 0 Å². The van der Waals surface area contributed by atoms with Gasteiger partial charge in [0, 0.05) is 11.8 Å². The molecule has 0 aromatic heterocycles. The van der Waals surface area contributed by atoms with Crippen LogP contribution in [-0.4, -0.2) is 19.7 Å². The Morgan fingerprint density at radius 1 is 1.00 bits per heavy atom. The van der Waals surface area contributed by atoms with Crippen LogP contribution in [-0.2, 0) is 4.84 Å². The van der Waals surface area contributed by atoms with E-state index >= 15 is 0 Å². The molecular formula is C11H25NO+. The Morgan fingerprint density at radius 2 is 1.46 bits per heavy atom. The van der Waals surface area contributed by atoms with E-state index in [9.17, 15) is 0 Å². The van der Waals surface area contributed by atoms with Crippen molar-refractivity contribution in [2.75, 3.05) is 19.7 Å². The molecule has 0 aliphatic heterocycles. The highest BCUT2D eigenvalue weighted by atomic mass is 16.7. The summed E-state index contributed by atoms with van der Waals surface area (Å²) in [6.07, 6.45) is 1.09. The van der Waals surface area contributed by atoms with E-state index < -0.39 is 0 Å². The molecule has 0 aromatic rings. The van der Waals surface area contributed by atoms with Crippen molar-refractivity contribution in [3.8, 4) is 0 Å². The molecule has 1 radical (unpaired) electrons. The summed E-state index contributed by atoms with van der Waals surface area (Å²) < 4.78 is 0. The average molecular weight is 187 g/mol. The summed E-state index contributed by atoms with van der Waals surface area (Å²) in [5, 5.41) is 2.11. The van der Waals surface area contributed by atoms with Gasteiger partial charge in [0.15, 0.2) is 13.1 Å². The second kappa shape index (κ2) is 7.34. The first-order chi connectivity index (χ1) is 6.06. The Balaban J connectivity index is 3.73. The summed E-state index contributed by atoms with van der Waals surface area (Å²) in [6, 6.07) is 0.